The van der Waals surface area contributed by atoms with E-state index in [1.165, 1.54) is 0 Å². The molecule has 1 aromatic rings. The van der Waals surface area contributed by atoms with Crippen molar-refractivity contribution >= 4 is 5.91 Å². The van der Waals surface area contributed by atoms with Crippen molar-refractivity contribution in [2.24, 2.45) is 0 Å². The van der Waals surface area contributed by atoms with Crippen LogP contribution < -0.4 is 0 Å². The zero-order chi connectivity index (χ0) is 13.1. The third-order valence-electron chi connectivity index (χ3n) is 3.30. The van der Waals surface area contributed by atoms with E-state index in [4.69, 9.17) is 5.26 Å². The van der Waals surface area contributed by atoms with E-state index in [9.17, 15) is 9.90 Å². The first kappa shape index (κ1) is 12.7. The van der Waals surface area contributed by atoms with Gasteiger partial charge in [-0.15, -0.1) is 0 Å². The molecular formula is C13H17N3O2. The molecule has 5 nitrogen and oxygen atoms in total. The standard InChI is InChI=1S/C13H17N3O2/c1-9(17)5-12-3-2-4-16(12)13(18)10-6-11(7-14)15-8-10/h6,8-9,12,15,17H,2-5H2,1H3. The highest BCUT2D eigenvalue weighted by Gasteiger charge is 2.30. The molecule has 2 heterocycles. The lowest BCUT2D eigenvalue weighted by atomic mass is 10.1. The van der Waals surface area contributed by atoms with Gasteiger partial charge in [-0.1, -0.05) is 0 Å². The number of rotatable bonds is 3. The van der Waals surface area contributed by atoms with Crippen LogP contribution in [0.1, 0.15) is 42.2 Å². The van der Waals surface area contributed by atoms with Crippen molar-refractivity contribution < 1.29 is 9.90 Å². The zero-order valence-electron chi connectivity index (χ0n) is 10.4. The van der Waals surface area contributed by atoms with E-state index in [2.05, 4.69) is 4.98 Å². The highest BCUT2D eigenvalue weighted by Crippen LogP contribution is 2.23. The highest BCUT2D eigenvalue weighted by atomic mass is 16.3. The third kappa shape index (κ3) is 2.54. The Morgan fingerprint density at radius 3 is 3.17 bits per heavy atom. The van der Waals surface area contributed by atoms with Crippen molar-refractivity contribution in [3.63, 3.8) is 0 Å². The van der Waals surface area contributed by atoms with Crippen molar-refractivity contribution in [2.45, 2.75) is 38.3 Å². The van der Waals surface area contributed by atoms with Gasteiger partial charge < -0.3 is 15.0 Å². The summed E-state index contributed by atoms with van der Waals surface area (Å²) in [6.07, 6.45) is 3.69. The first-order valence-corrected chi connectivity index (χ1v) is 6.19. The van der Waals surface area contributed by atoms with Crippen LogP contribution in [-0.4, -0.2) is 39.6 Å². The fourth-order valence-electron chi connectivity index (χ4n) is 2.49. The van der Waals surface area contributed by atoms with E-state index in [0.717, 1.165) is 19.4 Å². The lowest BCUT2D eigenvalue weighted by Crippen LogP contribution is -2.37. The molecule has 0 saturated carbocycles. The van der Waals surface area contributed by atoms with Crippen LogP contribution in [0.5, 0.6) is 0 Å². The van der Waals surface area contributed by atoms with Crippen molar-refractivity contribution in [3.05, 3.63) is 23.5 Å². The Bertz CT molecular complexity index is 473. The van der Waals surface area contributed by atoms with Crippen LogP contribution in [0.3, 0.4) is 0 Å². The number of aliphatic hydroxyl groups excluding tert-OH is 1. The fourth-order valence-corrected chi connectivity index (χ4v) is 2.49. The topological polar surface area (TPSA) is 80.1 Å². The molecule has 0 spiro atoms. The number of H-pyrrole nitrogens is 1. The number of nitrogens with one attached hydrogen (secondary N) is 1. The Balaban J connectivity index is 2.10. The highest BCUT2D eigenvalue weighted by molar-refractivity contribution is 5.94. The summed E-state index contributed by atoms with van der Waals surface area (Å²) in [5.41, 5.74) is 0.911. The molecule has 2 N–H and O–H groups in total. The molecule has 0 aliphatic carbocycles. The number of carbonyl (C=O) groups excluding carboxylic acids is 1. The number of nitrogens with zero attached hydrogens (tertiary/aromatic N) is 2. The molecule has 1 amide bonds. The molecule has 2 atom stereocenters. The molecule has 18 heavy (non-hydrogen) atoms. The minimum absolute atomic E-state index is 0.0594. The van der Waals surface area contributed by atoms with Crippen molar-refractivity contribution in [1.82, 2.24) is 9.88 Å². The van der Waals surface area contributed by atoms with Gasteiger partial charge in [0.1, 0.15) is 11.8 Å². The maximum absolute atomic E-state index is 12.3. The monoisotopic (exact) mass is 247 g/mol. The summed E-state index contributed by atoms with van der Waals surface area (Å²) < 4.78 is 0. The number of aromatic amines is 1. The van der Waals surface area contributed by atoms with Gasteiger partial charge >= 0.3 is 0 Å². The van der Waals surface area contributed by atoms with Gasteiger partial charge in [-0.2, -0.15) is 5.26 Å². The first-order valence-electron chi connectivity index (χ1n) is 6.19. The largest absolute Gasteiger partial charge is 0.393 e. The molecule has 0 bridgehead atoms. The Morgan fingerprint density at radius 2 is 2.56 bits per heavy atom. The minimum atomic E-state index is -0.399. The van der Waals surface area contributed by atoms with Gasteiger partial charge in [-0.3, -0.25) is 4.79 Å². The van der Waals surface area contributed by atoms with Gasteiger partial charge in [0, 0.05) is 18.8 Å². The van der Waals surface area contributed by atoms with Crippen molar-refractivity contribution in [2.75, 3.05) is 6.54 Å². The average molecular weight is 247 g/mol. The molecule has 1 aliphatic heterocycles. The second-order valence-corrected chi connectivity index (χ2v) is 4.79. The molecule has 1 aromatic heterocycles. The number of aliphatic hydroxyl groups is 1. The van der Waals surface area contributed by atoms with Crippen LogP contribution in [-0.2, 0) is 0 Å². The first-order chi connectivity index (χ1) is 8.61. The van der Waals surface area contributed by atoms with E-state index >= 15 is 0 Å². The molecule has 96 valence electrons. The molecule has 0 radical (unpaired) electrons. The molecule has 5 heteroatoms. The summed E-state index contributed by atoms with van der Waals surface area (Å²) in [6.45, 7) is 2.47. The van der Waals surface area contributed by atoms with Gasteiger partial charge in [0.2, 0.25) is 0 Å². The van der Waals surface area contributed by atoms with Crippen LogP contribution in [0.2, 0.25) is 0 Å². The second-order valence-electron chi connectivity index (χ2n) is 4.79. The van der Waals surface area contributed by atoms with E-state index in [0.29, 0.717) is 17.7 Å². The summed E-state index contributed by atoms with van der Waals surface area (Å²) in [5.74, 6) is -0.0594. The second kappa shape index (κ2) is 5.23. The predicted octanol–water partition coefficient (Wildman–Crippen LogP) is 1.26. The van der Waals surface area contributed by atoms with Gasteiger partial charge in [-0.05, 0) is 32.3 Å². The SMILES string of the molecule is CC(O)CC1CCCN1C(=O)c1c[nH]c(C#N)c1. The lowest BCUT2D eigenvalue weighted by Gasteiger charge is -2.25. The Morgan fingerprint density at radius 1 is 1.78 bits per heavy atom. The smallest absolute Gasteiger partial charge is 0.255 e. The Labute approximate surface area is 106 Å². The van der Waals surface area contributed by atoms with Crippen LogP contribution in [0.25, 0.3) is 0 Å². The number of hydrogen-bond donors (Lipinski definition) is 2. The van der Waals surface area contributed by atoms with Gasteiger partial charge in [0.05, 0.1) is 11.7 Å². The molecule has 2 unspecified atom stereocenters. The lowest BCUT2D eigenvalue weighted by molar-refractivity contribution is 0.0682. The minimum Gasteiger partial charge on any atom is -0.393 e. The van der Waals surface area contributed by atoms with Crippen molar-refractivity contribution in [1.29, 1.82) is 5.26 Å². The number of likely N-dealkylation sites (tertiary alicyclic amines) is 1. The van der Waals surface area contributed by atoms with Gasteiger partial charge in [-0.25, -0.2) is 0 Å². The molecular weight excluding hydrogens is 230 g/mol. The van der Waals surface area contributed by atoms with Crippen LogP contribution in [0, 0.1) is 11.3 Å². The summed E-state index contributed by atoms with van der Waals surface area (Å²) in [5, 5.41) is 18.2. The number of carbonyl (C=O) groups is 1. The van der Waals surface area contributed by atoms with Gasteiger partial charge in [0.15, 0.2) is 0 Å². The van der Waals surface area contributed by atoms with Gasteiger partial charge in [0.25, 0.3) is 5.91 Å². The summed E-state index contributed by atoms with van der Waals surface area (Å²) in [6, 6.07) is 3.65. The number of amides is 1. The molecule has 1 aliphatic rings. The van der Waals surface area contributed by atoms with E-state index in [-0.39, 0.29) is 11.9 Å². The predicted molar refractivity (Wildman–Crippen MR) is 65.9 cm³/mol. The molecule has 2 rings (SSSR count). The molecule has 1 fully saturated rings. The third-order valence-corrected chi connectivity index (χ3v) is 3.30. The number of nitriles is 1. The van der Waals surface area contributed by atoms with E-state index in [1.54, 1.807) is 24.1 Å². The number of aromatic nitrogens is 1. The average Bonchev–Trinajstić information content (AvgIpc) is 2.95. The maximum atomic E-state index is 12.3. The Hall–Kier alpha value is -1.80. The summed E-state index contributed by atoms with van der Waals surface area (Å²) in [4.78, 5) is 16.8. The van der Waals surface area contributed by atoms with Crippen LogP contribution >= 0.6 is 0 Å². The Kier molecular flexibility index (Phi) is 3.68. The van der Waals surface area contributed by atoms with Crippen LogP contribution in [0.4, 0.5) is 0 Å². The summed E-state index contributed by atoms with van der Waals surface area (Å²) in [7, 11) is 0. The van der Waals surface area contributed by atoms with Crippen molar-refractivity contribution in [3.8, 4) is 6.07 Å². The van der Waals surface area contributed by atoms with E-state index in [1.807, 2.05) is 6.07 Å². The van der Waals surface area contributed by atoms with Crippen LogP contribution in [0.15, 0.2) is 12.3 Å². The quantitative estimate of drug-likeness (QED) is 0.843. The summed E-state index contributed by atoms with van der Waals surface area (Å²) >= 11 is 0. The molecule has 0 aromatic carbocycles. The fraction of sp³-hybridized carbons (Fsp3) is 0.538. The number of hydrogen-bond acceptors (Lipinski definition) is 3. The maximum Gasteiger partial charge on any atom is 0.255 e. The molecule has 1 saturated heterocycles. The van der Waals surface area contributed by atoms with E-state index < -0.39 is 6.10 Å². The normalized spacial score (nSPS) is 20.7. The zero-order valence-corrected chi connectivity index (χ0v) is 10.4.